The Morgan fingerprint density at radius 3 is 2.17 bits per heavy atom. The van der Waals surface area contributed by atoms with Crippen LogP contribution in [0.5, 0.6) is 0 Å². The molecule has 11 atom stereocenters. The molecule has 0 spiro atoms. The smallest absolute Gasteiger partial charge is 0.331 e. The molecule has 0 aliphatic heterocycles. The van der Waals surface area contributed by atoms with E-state index >= 15 is 0 Å². The Kier molecular flexibility index (Phi) is 8.63. The molecule has 3 N–H and O–H groups in total. The third kappa shape index (κ3) is 4.97. The lowest BCUT2D eigenvalue weighted by atomic mass is 9.35. The fourth-order valence-corrected chi connectivity index (χ4v) is 10.2. The number of rotatable bonds is 6. The molecule has 0 amide bonds. The maximum atomic E-state index is 12.8. The van der Waals surface area contributed by atoms with E-state index in [1.54, 1.807) is 0 Å². The summed E-state index contributed by atoms with van der Waals surface area (Å²) >= 11 is 0. The van der Waals surface area contributed by atoms with Gasteiger partial charge >= 0.3 is 17.9 Å². The molecule has 41 heavy (non-hydrogen) atoms. The third-order valence-electron chi connectivity index (χ3n) is 11.9. The number of carbonyl (C=O) groups excluding carboxylic acids is 2. The van der Waals surface area contributed by atoms with E-state index in [0.717, 1.165) is 18.4 Å². The lowest BCUT2D eigenvalue weighted by molar-refractivity contribution is -0.288. The number of ether oxygens (including phenoxy) is 2. The topological polar surface area (TPSA) is 130 Å². The molecule has 0 saturated heterocycles. The van der Waals surface area contributed by atoms with Gasteiger partial charge in [-0.05, 0) is 98.9 Å². The summed E-state index contributed by atoms with van der Waals surface area (Å²) in [6, 6.07) is 0. The minimum absolute atomic E-state index is 0.0419. The van der Waals surface area contributed by atoms with Crippen molar-refractivity contribution in [3.05, 3.63) is 22.8 Å². The number of esters is 2. The van der Waals surface area contributed by atoms with E-state index < -0.39 is 53.2 Å². The molecule has 11 unspecified atom stereocenters. The van der Waals surface area contributed by atoms with Crippen LogP contribution in [-0.2, 0) is 23.9 Å². The van der Waals surface area contributed by atoms with Crippen LogP contribution in [-0.4, -0.2) is 57.6 Å². The van der Waals surface area contributed by atoms with E-state index in [0.29, 0.717) is 43.3 Å². The number of hydrogen-bond acceptors (Lipinski definition) is 7. The molecular formula is C33H50O8. The van der Waals surface area contributed by atoms with Crippen molar-refractivity contribution < 1.29 is 39.2 Å². The van der Waals surface area contributed by atoms with Gasteiger partial charge in [0.1, 0.15) is 12.2 Å². The van der Waals surface area contributed by atoms with Crippen molar-refractivity contribution in [1.82, 2.24) is 0 Å². The molecular weight excluding hydrogens is 524 g/mol. The Hall–Kier alpha value is -2.19. The fraction of sp³-hybridized carbons (Fsp3) is 0.788. The molecule has 0 aromatic carbocycles. The Bertz CT molecular complexity index is 1140. The summed E-state index contributed by atoms with van der Waals surface area (Å²) in [6.07, 6.45) is 3.07. The van der Waals surface area contributed by atoms with Crippen LogP contribution in [0.3, 0.4) is 0 Å². The summed E-state index contributed by atoms with van der Waals surface area (Å²) in [7, 11) is 0. The monoisotopic (exact) mass is 574 g/mol. The molecule has 8 nitrogen and oxygen atoms in total. The minimum Gasteiger partial charge on any atom is -0.478 e. The van der Waals surface area contributed by atoms with Crippen molar-refractivity contribution in [3.63, 3.8) is 0 Å². The number of aliphatic hydroxyl groups excluding tert-OH is 2. The van der Waals surface area contributed by atoms with E-state index in [1.165, 1.54) is 13.8 Å². The van der Waals surface area contributed by atoms with Crippen molar-refractivity contribution in [3.8, 4) is 0 Å². The Balaban J connectivity index is 1.92. The maximum Gasteiger partial charge on any atom is 0.331 e. The van der Waals surface area contributed by atoms with Crippen LogP contribution in [0.25, 0.3) is 0 Å². The Morgan fingerprint density at radius 1 is 0.976 bits per heavy atom. The van der Waals surface area contributed by atoms with Gasteiger partial charge in [0, 0.05) is 24.8 Å². The molecule has 230 valence electrons. The van der Waals surface area contributed by atoms with E-state index in [1.807, 2.05) is 26.8 Å². The second kappa shape index (κ2) is 11.1. The Labute approximate surface area is 244 Å². The van der Waals surface area contributed by atoms with Crippen LogP contribution in [0.2, 0.25) is 0 Å². The minimum atomic E-state index is -1.00. The number of hydrogen-bond donors (Lipinski definition) is 3. The largest absolute Gasteiger partial charge is 0.478 e. The number of carboxylic acids is 1. The van der Waals surface area contributed by atoms with Gasteiger partial charge in [0.15, 0.2) is 0 Å². The number of carboxylic acid groups (broad SMARTS) is 1. The molecule has 4 fully saturated rings. The molecule has 0 aromatic rings. The lowest BCUT2D eigenvalue weighted by Crippen LogP contribution is -2.72. The summed E-state index contributed by atoms with van der Waals surface area (Å²) in [5.74, 6) is -2.55. The Morgan fingerprint density at radius 2 is 1.61 bits per heavy atom. The molecule has 4 aliphatic carbocycles. The first-order valence-electron chi connectivity index (χ1n) is 15.3. The first kappa shape index (κ1) is 31.7. The number of aliphatic hydroxyl groups is 2. The molecule has 4 aliphatic rings. The summed E-state index contributed by atoms with van der Waals surface area (Å²) in [6.45, 7) is 15.1. The quantitative estimate of drug-likeness (QED) is 0.224. The highest BCUT2D eigenvalue weighted by Gasteiger charge is 2.74. The number of aliphatic carboxylic acids is 1. The molecule has 0 aromatic heterocycles. The maximum absolute atomic E-state index is 12.8. The van der Waals surface area contributed by atoms with Crippen molar-refractivity contribution >= 4 is 17.9 Å². The van der Waals surface area contributed by atoms with E-state index in [-0.39, 0.29) is 29.1 Å². The highest BCUT2D eigenvalue weighted by atomic mass is 16.6. The zero-order valence-electron chi connectivity index (χ0n) is 26.0. The standard InChI is InChI=1S/C33H50O8/c1-17(2)10-9-11-21(30(38)39)26-22-12-13-25-31(6)15-14-23(36)18(3)27(31)28(37)29(41-20(5)35)33(25,8)32(22,7)16-24(26)40-19(4)34/h10,18,22-25,27-29,36-37H,9,11-16H2,1-8H3,(H,38,39). The van der Waals surface area contributed by atoms with Crippen molar-refractivity contribution in [1.29, 1.82) is 0 Å². The summed E-state index contributed by atoms with van der Waals surface area (Å²) in [4.78, 5) is 37.7. The first-order valence-corrected chi connectivity index (χ1v) is 15.3. The van der Waals surface area contributed by atoms with Crippen LogP contribution >= 0.6 is 0 Å². The van der Waals surface area contributed by atoms with Crippen molar-refractivity contribution in [2.24, 2.45) is 39.9 Å². The molecule has 0 radical (unpaired) electrons. The van der Waals surface area contributed by atoms with Crippen LogP contribution in [0.4, 0.5) is 0 Å². The summed E-state index contributed by atoms with van der Waals surface area (Å²) in [5, 5.41) is 33.3. The molecule has 4 saturated carbocycles. The van der Waals surface area contributed by atoms with Gasteiger partial charge in [0.2, 0.25) is 0 Å². The summed E-state index contributed by atoms with van der Waals surface area (Å²) in [5.41, 5.74) is 0.390. The molecule has 8 heteroatoms. The van der Waals surface area contributed by atoms with Crippen molar-refractivity contribution in [2.45, 2.75) is 125 Å². The average Bonchev–Trinajstić information content (AvgIpc) is 3.13. The van der Waals surface area contributed by atoms with E-state index in [4.69, 9.17) is 9.47 Å². The van der Waals surface area contributed by atoms with Crippen molar-refractivity contribution in [2.75, 3.05) is 0 Å². The van der Waals surface area contributed by atoms with Gasteiger partial charge in [0.05, 0.1) is 12.2 Å². The van der Waals surface area contributed by atoms with Gasteiger partial charge in [-0.2, -0.15) is 0 Å². The molecule has 0 heterocycles. The zero-order valence-corrected chi connectivity index (χ0v) is 26.0. The summed E-state index contributed by atoms with van der Waals surface area (Å²) < 4.78 is 12.0. The highest BCUT2D eigenvalue weighted by molar-refractivity contribution is 5.88. The highest BCUT2D eigenvalue weighted by Crippen LogP contribution is 2.75. The molecule has 0 bridgehead atoms. The van der Waals surface area contributed by atoms with Gasteiger partial charge in [-0.1, -0.05) is 39.3 Å². The van der Waals surface area contributed by atoms with Gasteiger partial charge in [0.25, 0.3) is 0 Å². The third-order valence-corrected chi connectivity index (χ3v) is 11.9. The predicted molar refractivity (Wildman–Crippen MR) is 153 cm³/mol. The van der Waals surface area contributed by atoms with Gasteiger partial charge in [-0.25, -0.2) is 4.79 Å². The second-order valence-electron chi connectivity index (χ2n) is 14.3. The van der Waals surface area contributed by atoms with Crippen LogP contribution < -0.4 is 0 Å². The number of fused-ring (bicyclic) bond motifs is 5. The first-order chi connectivity index (χ1) is 19.0. The average molecular weight is 575 g/mol. The van der Waals surface area contributed by atoms with Gasteiger partial charge in [-0.3, -0.25) is 9.59 Å². The SMILES string of the molecule is CC(=O)OC1CC2(C)C(CCC3C4(C)CCC(O)C(C)C4C(O)C(OC(C)=O)C32C)C1=C(CCC=C(C)C)C(=O)O. The second-order valence-corrected chi connectivity index (χ2v) is 14.3. The zero-order chi connectivity index (χ0) is 30.7. The van der Waals surface area contributed by atoms with E-state index in [2.05, 4.69) is 20.8 Å². The number of allylic oxidation sites excluding steroid dienone is 2. The van der Waals surface area contributed by atoms with Crippen LogP contribution in [0.15, 0.2) is 22.8 Å². The van der Waals surface area contributed by atoms with Crippen LogP contribution in [0.1, 0.15) is 100 Å². The molecule has 4 rings (SSSR count). The van der Waals surface area contributed by atoms with Crippen LogP contribution in [0, 0.1) is 39.9 Å². The lowest BCUT2D eigenvalue weighted by Gasteiger charge is -2.70. The fourth-order valence-electron chi connectivity index (χ4n) is 10.2. The van der Waals surface area contributed by atoms with Gasteiger partial charge < -0.3 is 24.8 Å². The van der Waals surface area contributed by atoms with Gasteiger partial charge in [-0.15, -0.1) is 0 Å². The normalized spacial score (nSPS) is 44.5. The number of carbonyl (C=O) groups is 3. The predicted octanol–water partition coefficient (Wildman–Crippen LogP) is 5.21. The van der Waals surface area contributed by atoms with E-state index in [9.17, 15) is 29.7 Å².